The molecule has 1 unspecified atom stereocenters. The smallest absolute Gasteiger partial charge is 0.0423 e. The Morgan fingerprint density at radius 1 is 1.19 bits per heavy atom. The second-order valence-corrected chi connectivity index (χ2v) is 6.38. The van der Waals surface area contributed by atoms with Gasteiger partial charge in [0.15, 0.2) is 0 Å². The highest BCUT2D eigenvalue weighted by molar-refractivity contribution is 9.10. The number of aromatic nitrogens is 1. The van der Waals surface area contributed by atoms with Crippen LogP contribution in [0.25, 0.3) is 0 Å². The van der Waals surface area contributed by atoms with Gasteiger partial charge in [-0.1, -0.05) is 41.1 Å². The summed E-state index contributed by atoms with van der Waals surface area (Å²) >= 11 is 3.55. The van der Waals surface area contributed by atoms with Crippen LogP contribution in [0.3, 0.4) is 0 Å². The monoisotopic (exact) mass is 346 g/mol. The summed E-state index contributed by atoms with van der Waals surface area (Å²) in [7, 11) is 0. The number of hydrogen-bond donors (Lipinski definition) is 1. The molecular formula is C18H23BrN2. The quantitative estimate of drug-likeness (QED) is 0.816. The lowest BCUT2D eigenvalue weighted by atomic mass is 9.97. The fourth-order valence-corrected chi connectivity index (χ4v) is 3.02. The Kier molecular flexibility index (Phi) is 5.95. The minimum Gasteiger partial charge on any atom is -0.310 e. The molecule has 0 saturated carbocycles. The van der Waals surface area contributed by atoms with Crippen LogP contribution in [0.15, 0.2) is 40.9 Å². The summed E-state index contributed by atoms with van der Waals surface area (Å²) in [6.07, 6.45) is 2.11. The molecule has 2 aromatic rings. The van der Waals surface area contributed by atoms with Gasteiger partial charge in [0.05, 0.1) is 0 Å². The van der Waals surface area contributed by atoms with Crippen molar-refractivity contribution >= 4 is 15.9 Å². The lowest BCUT2D eigenvalue weighted by Gasteiger charge is -2.21. The Labute approximate surface area is 136 Å². The fraction of sp³-hybridized carbons (Fsp3) is 0.389. The van der Waals surface area contributed by atoms with Crippen LogP contribution in [-0.2, 0) is 6.42 Å². The SMILES string of the molecule is CCCNC(Cc1cccc(Br)c1)c1ccc(C)nc1C. The Bertz CT molecular complexity index is 596. The fourth-order valence-electron chi connectivity index (χ4n) is 2.58. The topological polar surface area (TPSA) is 24.9 Å². The van der Waals surface area contributed by atoms with Gasteiger partial charge in [-0.3, -0.25) is 4.98 Å². The lowest BCUT2D eigenvalue weighted by molar-refractivity contribution is 0.525. The maximum absolute atomic E-state index is 4.61. The molecule has 1 N–H and O–H groups in total. The van der Waals surface area contributed by atoms with E-state index in [1.165, 1.54) is 11.1 Å². The molecule has 1 atom stereocenters. The van der Waals surface area contributed by atoms with Crippen molar-refractivity contribution in [1.82, 2.24) is 10.3 Å². The van der Waals surface area contributed by atoms with Crippen molar-refractivity contribution in [3.05, 3.63) is 63.4 Å². The molecule has 0 amide bonds. The number of pyridine rings is 1. The van der Waals surface area contributed by atoms with Crippen molar-refractivity contribution in [3.63, 3.8) is 0 Å². The van der Waals surface area contributed by atoms with Crippen LogP contribution in [-0.4, -0.2) is 11.5 Å². The molecule has 2 rings (SSSR count). The largest absolute Gasteiger partial charge is 0.310 e. The number of nitrogens with zero attached hydrogens (tertiary/aromatic N) is 1. The molecule has 0 fully saturated rings. The van der Waals surface area contributed by atoms with Crippen molar-refractivity contribution < 1.29 is 0 Å². The Balaban J connectivity index is 2.25. The van der Waals surface area contributed by atoms with Gasteiger partial charge in [0.2, 0.25) is 0 Å². The Morgan fingerprint density at radius 2 is 2.00 bits per heavy atom. The molecule has 1 aromatic carbocycles. The Morgan fingerprint density at radius 3 is 2.67 bits per heavy atom. The summed E-state index contributed by atoms with van der Waals surface area (Å²) in [5.74, 6) is 0. The molecule has 3 heteroatoms. The van der Waals surface area contributed by atoms with Crippen LogP contribution in [0.1, 0.15) is 41.9 Å². The van der Waals surface area contributed by atoms with Gasteiger partial charge in [-0.25, -0.2) is 0 Å². The van der Waals surface area contributed by atoms with Crippen molar-refractivity contribution in [1.29, 1.82) is 0 Å². The molecule has 0 aliphatic heterocycles. The highest BCUT2D eigenvalue weighted by Crippen LogP contribution is 2.23. The van der Waals surface area contributed by atoms with Crippen molar-refractivity contribution in [2.75, 3.05) is 6.54 Å². The van der Waals surface area contributed by atoms with Crippen LogP contribution >= 0.6 is 15.9 Å². The number of aryl methyl sites for hydroxylation is 2. The molecule has 1 heterocycles. The van der Waals surface area contributed by atoms with E-state index < -0.39 is 0 Å². The summed E-state index contributed by atoms with van der Waals surface area (Å²) in [4.78, 5) is 4.61. The number of nitrogens with one attached hydrogen (secondary N) is 1. The second-order valence-electron chi connectivity index (χ2n) is 5.47. The number of rotatable bonds is 6. The van der Waals surface area contributed by atoms with Crippen LogP contribution in [0.5, 0.6) is 0 Å². The summed E-state index contributed by atoms with van der Waals surface area (Å²) in [6.45, 7) is 7.36. The van der Waals surface area contributed by atoms with Crippen LogP contribution < -0.4 is 5.32 Å². The molecule has 112 valence electrons. The molecule has 0 aliphatic rings. The third kappa shape index (κ3) is 4.65. The average molecular weight is 347 g/mol. The van der Waals surface area contributed by atoms with Crippen molar-refractivity contribution in [2.24, 2.45) is 0 Å². The second kappa shape index (κ2) is 7.71. The van der Waals surface area contributed by atoms with E-state index in [4.69, 9.17) is 0 Å². The van der Waals surface area contributed by atoms with Crippen LogP contribution in [0, 0.1) is 13.8 Å². The van der Waals surface area contributed by atoms with E-state index in [1.54, 1.807) is 0 Å². The number of halogens is 1. The highest BCUT2D eigenvalue weighted by atomic mass is 79.9. The van der Waals surface area contributed by atoms with Gasteiger partial charge in [0.25, 0.3) is 0 Å². The third-order valence-corrected chi connectivity index (χ3v) is 4.10. The lowest BCUT2D eigenvalue weighted by Crippen LogP contribution is -2.25. The van der Waals surface area contributed by atoms with E-state index in [9.17, 15) is 0 Å². The van der Waals surface area contributed by atoms with E-state index in [0.29, 0.717) is 6.04 Å². The van der Waals surface area contributed by atoms with Gasteiger partial charge in [0.1, 0.15) is 0 Å². The zero-order chi connectivity index (χ0) is 15.2. The van der Waals surface area contributed by atoms with E-state index in [2.05, 4.69) is 76.5 Å². The summed E-state index contributed by atoms with van der Waals surface area (Å²) in [5, 5.41) is 3.66. The van der Waals surface area contributed by atoms with Gasteiger partial charge >= 0.3 is 0 Å². The van der Waals surface area contributed by atoms with Crippen molar-refractivity contribution in [3.8, 4) is 0 Å². The molecule has 1 aromatic heterocycles. The zero-order valence-corrected chi connectivity index (χ0v) is 14.6. The number of benzene rings is 1. The Hall–Kier alpha value is -1.19. The first-order valence-corrected chi connectivity index (χ1v) is 8.31. The molecule has 21 heavy (non-hydrogen) atoms. The van der Waals surface area contributed by atoms with Gasteiger partial charge < -0.3 is 5.32 Å². The third-order valence-electron chi connectivity index (χ3n) is 3.61. The maximum atomic E-state index is 4.61. The van der Waals surface area contributed by atoms with E-state index in [0.717, 1.165) is 35.2 Å². The first-order valence-electron chi connectivity index (χ1n) is 7.52. The van der Waals surface area contributed by atoms with E-state index in [-0.39, 0.29) is 0 Å². The van der Waals surface area contributed by atoms with Crippen molar-refractivity contribution in [2.45, 2.75) is 39.7 Å². The predicted molar refractivity (Wildman–Crippen MR) is 92.6 cm³/mol. The summed E-state index contributed by atoms with van der Waals surface area (Å²) in [5.41, 5.74) is 4.83. The molecule has 0 spiro atoms. The zero-order valence-electron chi connectivity index (χ0n) is 13.0. The minimum atomic E-state index is 0.312. The van der Waals surface area contributed by atoms with Gasteiger partial charge in [-0.05, 0) is 62.6 Å². The van der Waals surface area contributed by atoms with Gasteiger partial charge in [-0.2, -0.15) is 0 Å². The summed E-state index contributed by atoms with van der Waals surface area (Å²) in [6, 6.07) is 13.2. The standard InChI is InChI=1S/C18H23BrN2/c1-4-10-20-18(12-15-6-5-7-16(19)11-15)17-9-8-13(2)21-14(17)3/h5-9,11,18,20H,4,10,12H2,1-3H3. The van der Waals surface area contributed by atoms with E-state index in [1.807, 2.05) is 6.92 Å². The highest BCUT2D eigenvalue weighted by Gasteiger charge is 2.15. The van der Waals surface area contributed by atoms with E-state index >= 15 is 0 Å². The normalized spacial score (nSPS) is 12.4. The molecule has 0 aliphatic carbocycles. The molecule has 0 saturated heterocycles. The molecule has 0 radical (unpaired) electrons. The van der Waals surface area contributed by atoms with Crippen LogP contribution in [0.2, 0.25) is 0 Å². The molecular weight excluding hydrogens is 324 g/mol. The van der Waals surface area contributed by atoms with Gasteiger partial charge in [-0.15, -0.1) is 0 Å². The first-order chi connectivity index (χ1) is 10.1. The van der Waals surface area contributed by atoms with Crippen LogP contribution in [0.4, 0.5) is 0 Å². The predicted octanol–water partition coefficient (Wildman–Crippen LogP) is 4.74. The number of hydrogen-bond acceptors (Lipinski definition) is 2. The minimum absolute atomic E-state index is 0.312. The van der Waals surface area contributed by atoms with Gasteiger partial charge in [0, 0.05) is 21.9 Å². The summed E-state index contributed by atoms with van der Waals surface area (Å²) < 4.78 is 1.13. The molecule has 2 nitrogen and oxygen atoms in total. The molecule has 0 bridgehead atoms. The average Bonchev–Trinajstić information content (AvgIpc) is 2.44. The maximum Gasteiger partial charge on any atom is 0.0423 e. The first kappa shape index (κ1) is 16.2.